The van der Waals surface area contributed by atoms with Crippen LogP contribution in [0.4, 0.5) is 5.69 Å². The summed E-state index contributed by atoms with van der Waals surface area (Å²) in [4.78, 5) is 0. The Kier molecular flexibility index (Phi) is 4.02. The molecule has 3 heteroatoms. The van der Waals surface area contributed by atoms with E-state index in [1.54, 1.807) is 0 Å². The van der Waals surface area contributed by atoms with Crippen molar-refractivity contribution in [2.24, 2.45) is 5.92 Å². The molecule has 1 aromatic carbocycles. The van der Waals surface area contributed by atoms with Crippen LogP contribution in [-0.4, -0.2) is 19.3 Å². The number of anilines is 1. The number of rotatable bonds is 4. The van der Waals surface area contributed by atoms with Crippen molar-refractivity contribution in [1.29, 1.82) is 0 Å². The number of ether oxygens (including phenoxy) is 1. The van der Waals surface area contributed by atoms with Crippen LogP contribution < -0.4 is 11.1 Å². The van der Waals surface area contributed by atoms with E-state index in [9.17, 15) is 0 Å². The molecule has 1 aromatic rings. The predicted octanol–water partition coefficient (Wildman–Crippen LogP) is 2.09. The van der Waals surface area contributed by atoms with Crippen LogP contribution in [0.3, 0.4) is 0 Å². The van der Waals surface area contributed by atoms with Gasteiger partial charge in [-0.15, -0.1) is 0 Å². The molecule has 1 saturated heterocycles. The number of hydrogen-bond acceptors (Lipinski definition) is 3. The van der Waals surface area contributed by atoms with Gasteiger partial charge in [-0.25, -0.2) is 0 Å². The molecule has 0 radical (unpaired) electrons. The van der Waals surface area contributed by atoms with Gasteiger partial charge in [0.05, 0.1) is 6.10 Å². The van der Waals surface area contributed by atoms with Crippen LogP contribution >= 0.6 is 0 Å². The quantitative estimate of drug-likeness (QED) is 0.784. The maximum Gasteiger partial charge on any atom is 0.0588 e. The summed E-state index contributed by atoms with van der Waals surface area (Å²) >= 11 is 0. The Morgan fingerprint density at radius 2 is 2.29 bits per heavy atom. The maximum atomic E-state index is 5.80. The Morgan fingerprint density at radius 3 is 2.94 bits per heavy atom. The summed E-state index contributed by atoms with van der Waals surface area (Å²) in [6.45, 7) is 7.06. The van der Waals surface area contributed by atoms with E-state index in [1.807, 2.05) is 13.0 Å². The van der Waals surface area contributed by atoms with Gasteiger partial charge in [0, 0.05) is 25.4 Å². The highest BCUT2D eigenvalue weighted by molar-refractivity contribution is 5.47. The number of benzene rings is 1. The van der Waals surface area contributed by atoms with Crippen LogP contribution in [-0.2, 0) is 11.3 Å². The molecule has 0 bridgehead atoms. The van der Waals surface area contributed by atoms with Gasteiger partial charge < -0.3 is 15.8 Å². The first-order valence-corrected chi connectivity index (χ1v) is 6.34. The Bertz CT molecular complexity index is 378. The van der Waals surface area contributed by atoms with Crippen molar-refractivity contribution in [1.82, 2.24) is 5.32 Å². The Morgan fingerprint density at radius 1 is 1.47 bits per heavy atom. The lowest BCUT2D eigenvalue weighted by Crippen LogP contribution is -2.26. The third kappa shape index (κ3) is 3.20. The molecule has 0 saturated carbocycles. The zero-order valence-electron chi connectivity index (χ0n) is 10.7. The molecule has 2 atom stereocenters. The van der Waals surface area contributed by atoms with E-state index in [4.69, 9.17) is 10.5 Å². The van der Waals surface area contributed by atoms with Crippen LogP contribution in [0, 0.1) is 12.8 Å². The van der Waals surface area contributed by atoms with Crippen LogP contribution in [0.25, 0.3) is 0 Å². The van der Waals surface area contributed by atoms with Crippen molar-refractivity contribution in [2.45, 2.75) is 32.9 Å². The van der Waals surface area contributed by atoms with Gasteiger partial charge in [-0.2, -0.15) is 0 Å². The summed E-state index contributed by atoms with van der Waals surface area (Å²) in [5.74, 6) is 0.657. The molecule has 0 spiro atoms. The van der Waals surface area contributed by atoms with E-state index in [0.29, 0.717) is 12.0 Å². The predicted molar refractivity (Wildman–Crippen MR) is 70.8 cm³/mol. The number of nitrogen functional groups attached to an aromatic ring is 1. The summed E-state index contributed by atoms with van der Waals surface area (Å²) in [6, 6.07) is 6.22. The van der Waals surface area contributed by atoms with Gasteiger partial charge in [0.2, 0.25) is 0 Å². The fourth-order valence-corrected chi connectivity index (χ4v) is 2.29. The van der Waals surface area contributed by atoms with Crippen LogP contribution in [0.5, 0.6) is 0 Å². The van der Waals surface area contributed by atoms with Crippen molar-refractivity contribution in [3.05, 3.63) is 29.3 Å². The highest BCUT2D eigenvalue weighted by Crippen LogP contribution is 2.19. The van der Waals surface area contributed by atoms with Gasteiger partial charge in [-0.1, -0.05) is 12.1 Å². The second-order valence-corrected chi connectivity index (χ2v) is 4.95. The molecule has 0 aromatic heterocycles. The fraction of sp³-hybridized carbons (Fsp3) is 0.571. The molecule has 2 unspecified atom stereocenters. The van der Waals surface area contributed by atoms with E-state index in [0.717, 1.165) is 30.9 Å². The van der Waals surface area contributed by atoms with Gasteiger partial charge in [0.1, 0.15) is 0 Å². The molecule has 1 aliphatic rings. The first kappa shape index (κ1) is 12.4. The van der Waals surface area contributed by atoms with Gasteiger partial charge in [0.15, 0.2) is 0 Å². The molecule has 3 nitrogen and oxygen atoms in total. The van der Waals surface area contributed by atoms with Gasteiger partial charge in [0.25, 0.3) is 0 Å². The molecule has 2 rings (SSSR count). The lowest BCUT2D eigenvalue weighted by molar-refractivity contribution is 0.105. The molecular weight excluding hydrogens is 212 g/mol. The second-order valence-electron chi connectivity index (χ2n) is 4.95. The molecular formula is C14H22N2O. The van der Waals surface area contributed by atoms with Gasteiger partial charge in [-0.05, 0) is 43.4 Å². The average molecular weight is 234 g/mol. The lowest BCUT2D eigenvalue weighted by atomic mass is 10.0. The van der Waals surface area contributed by atoms with Crippen molar-refractivity contribution < 1.29 is 4.74 Å². The van der Waals surface area contributed by atoms with E-state index < -0.39 is 0 Å². The molecule has 17 heavy (non-hydrogen) atoms. The Hall–Kier alpha value is -1.06. The second kappa shape index (κ2) is 5.52. The minimum Gasteiger partial charge on any atom is -0.399 e. The molecule has 3 N–H and O–H groups in total. The van der Waals surface area contributed by atoms with E-state index in [-0.39, 0.29) is 0 Å². The molecule has 94 valence electrons. The van der Waals surface area contributed by atoms with Crippen LogP contribution in [0.15, 0.2) is 18.2 Å². The third-order valence-electron chi connectivity index (χ3n) is 3.60. The van der Waals surface area contributed by atoms with Crippen LogP contribution in [0.2, 0.25) is 0 Å². The largest absolute Gasteiger partial charge is 0.399 e. The molecule has 1 aliphatic heterocycles. The monoisotopic (exact) mass is 234 g/mol. The van der Waals surface area contributed by atoms with E-state index >= 15 is 0 Å². The minimum absolute atomic E-state index is 0.399. The molecule has 1 heterocycles. The van der Waals surface area contributed by atoms with Crippen molar-refractivity contribution in [2.75, 3.05) is 18.9 Å². The summed E-state index contributed by atoms with van der Waals surface area (Å²) in [5, 5.41) is 3.50. The Labute approximate surface area is 103 Å². The number of aryl methyl sites for hydroxylation is 1. The van der Waals surface area contributed by atoms with E-state index in [1.165, 1.54) is 12.0 Å². The maximum absolute atomic E-state index is 5.80. The average Bonchev–Trinajstić information content (AvgIpc) is 2.70. The summed E-state index contributed by atoms with van der Waals surface area (Å²) in [5.41, 5.74) is 9.11. The first-order chi connectivity index (χ1) is 8.16. The highest BCUT2D eigenvalue weighted by atomic mass is 16.5. The molecule has 0 amide bonds. The first-order valence-electron chi connectivity index (χ1n) is 6.34. The van der Waals surface area contributed by atoms with Crippen molar-refractivity contribution in [3.63, 3.8) is 0 Å². The number of nitrogens with two attached hydrogens (primary N) is 1. The molecule has 1 fully saturated rings. The zero-order valence-corrected chi connectivity index (χ0v) is 10.7. The smallest absolute Gasteiger partial charge is 0.0588 e. The van der Waals surface area contributed by atoms with E-state index in [2.05, 4.69) is 24.4 Å². The SMILES string of the molecule is Cc1cc(CNCC2CCOC2C)ccc1N. The van der Waals surface area contributed by atoms with Crippen molar-refractivity contribution >= 4 is 5.69 Å². The molecule has 0 aliphatic carbocycles. The van der Waals surface area contributed by atoms with Crippen molar-refractivity contribution in [3.8, 4) is 0 Å². The Balaban J connectivity index is 1.79. The summed E-state index contributed by atoms with van der Waals surface area (Å²) in [7, 11) is 0. The summed E-state index contributed by atoms with van der Waals surface area (Å²) in [6.07, 6.45) is 1.57. The zero-order chi connectivity index (χ0) is 12.3. The normalized spacial score (nSPS) is 24.1. The number of nitrogens with one attached hydrogen (secondary N) is 1. The lowest BCUT2D eigenvalue weighted by Gasteiger charge is -2.15. The van der Waals surface area contributed by atoms with Crippen LogP contribution in [0.1, 0.15) is 24.5 Å². The standard InChI is InChI=1S/C14H22N2O/c1-10-7-12(3-4-14(10)15)8-16-9-13-5-6-17-11(13)2/h3-4,7,11,13,16H,5-6,8-9,15H2,1-2H3. The topological polar surface area (TPSA) is 47.3 Å². The highest BCUT2D eigenvalue weighted by Gasteiger charge is 2.23. The van der Waals surface area contributed by atoms with Gasteiger partial charge >= 0.3 is 0 Å². The minimum atomic E-state index is 0.399. The number of hydrogen-bond donors (Lipinski definition) is 2. The fourth-order valence-electron chi connectivity index (χ4n) is 2.29. The van der Waals surface area contributed by atoms with Gasteiger partial charge in [-0.3, -0.25) is 0 Å². The summed E-state index contributed by atoms with van der Waals surface area (Å²) < 4.78 is 5.55. The third-order valence-corrected chi connectivity index (χ3v) is 3.60.